The summed E-state index contributed by atoms with van der Waals surface area (Å²) in [5, 5.41) is 0. The Morgan fingerprint density at radius 2 is 0.786 bits per heavy atom. The van der Waals surface area contributed by atoms with Crippen LogP contribution in [0, 0.1) is 103 Å². The third-order valence-electron chi connectivity index (χ3n) is 12.0. The van der Waals surface area contributed by atoms with Crippen molar-refractivity contribution < 1.29 is 110 Å². The van der Waals surface area contributed by atoms with Gasteiger partial charge in [-0.15, -0.1) is 0 Å². The van der Waals surface area contributed by atoms with Crippen LogP contribution < -0.4 is 0 Å². The highest BCUT2D eigenvalue weighted by atomic mass is 19.4. The van der Waals surface area contributed by atoms with Crippen LogP contribution >= 0.6 is 0 Å². The first-order valence-corrected chi connectivity index (χ1v) is 25.8. The molecule has 0 radical (unpaired) electrons. The van der Waals surface area contributed by atoms with Crippen LogP contribution in [-0.2, 0) is 19.0 Å². The minimum Gasteiger partial charge on any atom is -0.207 e. The zero-order valence-corrected chi connectivity index (χ0v) is 47.1. The SMILES string of the molecule is CC(F)(F)F.CC(F)(F)F.CC1CCC(C(F)(F)F)CC1.CCC1CCC(C(F)(F)F)CC1.CCc1cc(F)c(F)cc1F.CCc1ccccc1.Cc1c(F)c(F)c(C(F)(F)F)c(F)c1F.Cc1ccc(F)c(F)c1F.Cc1ccccc1. The predicted octanol–water partition coefficient (Wildman–Crippen LogP) is 23.2. The van der Waals surface area contributed by atoms with Gasteiger partial charge in [0.2, 0.25) is 0 Å². The molecule has 2 aliphatic rings. The van der Waals surface area contributed by atoms with Crippen LogP contribution in [0.4, 0.5) is 110 Å². The summed E-state index contributed by atoms with van der Waals surface area (Å²) < 4.78 is 296. The highest BCUT2D eigenvalue weighted by Gasteiger charge is 2.43. The van der Waals surface area contributed by atoms with Crippen molar-refractivity contribution in [3.63, 3.8) is 0 Å². The molecule has 5 aromatic carbocycles. The first-order valence-electron chi connectivity index (χ1n) is 25.8. The number of alkyl halides is 15. The van der Waals surface area contributed by atoms with Gasteiger partial charge >= 0.3 is 30.9 Å². The molecule has 0 spiro atoms. The molecule has 0 N–H and O–H groups in total. The molecule has 0 unspecified atom stereocenters. The zero-order chi connectivity index (χ0) is 65.7. The predicted molar refractivity (Wildman–Crippen MR) is 272 cm³/mol. The summed E-state index contributed by atoms with van der Waals surface area (Å²) in [5.41, 5.74) is -0.640. The third kappa shape index (κ3) is 35.0. The van der Waals surface area contributed by atoms with Gasteiger partial charge in [-0.25, -0.2) is 43.9 Å². The Balaban J connectivity index is 0. The Morgan fingerprint density at radius 1 is 0.405 bits per heavy atom. The van der Waals surface area contributed by atoms with Crippen molar-refractivity contribution in [1.82, 2.24) is 0 Å². The molecule has 0 heterocycles. The van der Waals surface area contributed by atoms with Gasteiger partial charge in [0.05, 0.1) is 11.8 Å². The van der Waals surface area contributed by atoms with Crippen LogP contribution in [0.15, 0.2) is 84.9 Å². The molecule has 7 rings (SSSR count). The van der Waals surface area contributed by atoms with Crippen LogP contribution in [0.2, 0.25) is 0 Å². The van der Waals surface area contributed by atoms with Gasteiger partial charge in [0.15, 0.2) is 52.4 Å². The largest absolute Gasteiger partial charge is 0.422 e. The molecule has 0 saturated heterocycles. The second-order valence-electron chi connectivity index (χ2n) is 19.2. The monoisotopic (exact) mass is 1250 g/mol. The van der Waals surface area contributed by atoms with Gasteiger partial charge in [0, 0.05) is 25.5 Å². The second-order valence-corrected chi connectivity index (χ2v) is 19.2. The number of halogens is 25. The normalized spacial score (nSPS) is 16.7. The van der Waals surface area contributed by atoms with Gasteiger partial charge in [-0.05, 0) is 113 Å². The summed E-state index contributed by atoms with van der Waals surface area (Å²) in [7, 11) is 0. The Kier molecular flexibility index (Phi) is 36.1. The summed E-state index contributed by atoms with van der Waals surface area (Å²) in [5.74, 6) is -16.4. The fraction of sp³-hybridized carbons (Fsp3) is 0.492. The lowest BCUT2D eigenvalue weighted by atomic mass is 9.80. The van der Waals surface area contributed by atoms with Crippen molar-refractivity contribution >= 4 is 0 Å². The molecule has 25 heteroatoms. The minimum absolute atomic E-state index is 0.110. The van der Waals surface area contributed by atoms with Crippen molar-refractivity contribution in [2.75, 3.05) is 0 Å². The topological polar surface area (TPSA) is 0 Å². The summed E-state index contributed by atoms with van der Waals surface area (Å²) in [6, 6.07) is 24.2. The van der Waals surface area contributed by atoms with E-state index in [1.165, 1.54) is 24.1 Å². The maximum Gasteiger partial charge on any atom is 0.422 e. The van der Waals surface area contributed by atoms with E-state index in [4.69, 9.17) is 0 Å². The van der Waals surface area contributed by atoms with Gasteiger partial charge in [0.1, 0.15) is 11.4 Å². The van der Waals surface area contributed by atoms with E-state index in [-0.39, 0.29) is 25.0 Å². The Morgan fingerprint density at radius 3 is 1.10 bits per heavy atom. The highest BCUT2D eigenvalue weighted by molar-refractivity contribution is 5.31. The number of aryl methyl sites for hydroxylation is 4. The number of hydrogen-bond donors (Lipinski definition) is 0. The number of hydrogen-bond acceptors (Lipinski definition) is 0. The summed E-state index contributed by atoms with van der Waals surface area (Å²) in [4.78, 5) is 0. The molecular weight excluding hydrogens is 1180 g/mol. The zero-order valence-electron chi connectivity index (χ0n) is 47.1. The summed E-state index contributed by atoms with van der Waals surface area (Å²) in [6.07, 6.45) is -14.5. The number of rotatable bonds is 3. The van der Waals surface area contributed by atoms with E-state index < -0.39 is 112 Å². The van der Waals surface area contributed by atoms with E-state index >= 15 is 0 Å². The van der Waals surface area contributed by atoms with Crippen LogP contribution in [0.1, 0.15) is 133 Å². The Bertz CT molecular complexity index is 2500. The van der Waals surface area contributed by atoms with Crippen LogP contribution in [-0.4, -0.2) is 24.7 Å². The molecule has 2 aliphatic carbocycles. The van der Waals surface area contributed by atoms with Crippen molar-refractivity contribution in [3.8, 4) is 0 Å². The van der Waals surface area contributed by atoms with Crippen molar-refractivity contribution in [3.05, 3.63) is 176 Å². The molecular formula is C59H67F25. The highest BCUT2D eigenvalue weighted by Crippen LogP contribution is 2.41. The molecule has 5 aromatic rings. The molecule has 0 aliphatic heterocycles. The van der Waals surface area contributed by atoms with Crippen LogP contribution in [0.5, 0.6) is 0 Å². The average molecular weight is 1250 g/mol. The molecule has 2 fully saturated rings. The maximum absolute atomic E-state index is 12.7. The summed E-state index contributed by atoms with van der Waals surface area (Å²) >= 11 is 0. The molecule has 0 bridgehead atoms. The van der Waals surface area contributed by atoms with Crippen LogP contribution in [0.3, 0.4) is 0 Å². The Hall–Kier alpha value is -5.65. The minimum atomic E-state index is -5.48. The summed E-state index contributed by atoms with van der Waals surface area (Å²) in [6.45, 7) is 12.4. The number of benzene rings is 5. The molecule has 0 nitrogen and oxygen atoms in total. The lowest BCUT2D eigenvalue weighted by Crippen LogP contribution is -2.27. The van der Waals surface area contributed by atoms with E-state index in [2.05, 4.69) is 57.2 Å². The third-order valence-corrected chi connectivity index (χ3v) is 12.0. The first kappa shape index (κ1) is 80.4. The van der Waals surface area contributed by atoms with E-state index in [9.17, 15) is 110 Å². The lowest BCUT2D eigenvalue weighted by Gasteiger charge is -2.29. The van der Waals surface area contributed by atoms with E-state index in [1.807, 2.05) is 31.2 Å². The van der Waals surface area contributed by atoms with Crippen molar-refractivity contribution in [2.45, 2.75) is 164 Å². The average Bonchev–Trinajstić information content (AvgIpc) is 3.60. The van der Waals surface area contributed by atoms with Gasteiger partial charge < -0.3 is 0 Å². The van der Waals surface area contributed by atoms with E-state index in [1.54, 1.807) is 6.92 Å². The van der Waals surface area contributed by atoms with Crippen molar-refractivity contribution in [2.24, 2.45) is 23.7 Å². The van der Waals surface area contributed by atoms with Crippen molar-refractivity contribution in [1.29, 1.82) is 0 Å². The standard InChI is InChI=1S/C9H15F3.C8H3F7.C8H13F3.C8H7F3.C8H10.C7H5F3.C7H8.2C2H3F3/c1-2-7-3-5-8(6-4-7)9(10,11)12;1-2-4(9)6(11)3(8(13,14)15)7(12)5(2)10;1-6-2-4-7(5-3-6)8(9,10)11;1-2-5-3-7(10)8(11)4-6(5)9;1-2-8-6-4-3-5-7-8;1-4-2-3-5(8)7(10)6(4)9;1-7-5-3-2-4-6-7;2*1-2(3,4)5/h7-8H,2-6H2,1H3;1H3;6-7H,2-5H2,1H3;3-4H,2H2,1H3;3-7H,2H2,1H3;2-3H,1H3;2-6H,1H3;2*1H3. The smallest absolute Gasteiger partial charge is 0.207 e. The lowest BCUT2D eigenvalue weighted by molar-refractivity contribution is -0.184. The quantitative estimate of drug-likeness (QED) is 0.0959. The van der Waals surface area contributed by atoms with Gasteiger partial charge in [-0.3, -0.25) is 0 Å². The first-order chi connectivity index (χ1) is 38.3. The van der Waals surface area contributed by atoms with Gasteiger partial charge in [-0.2, -0.15) is 65.9 Å². The fourth-order valence-corrected chi connectivity index (χ4v) is 7.18. The Labute approximate surface area is 472 Å². The maximum atomic E-state index is 12.7. The van der Waals surface area contributed by atoms with Gasteiger partial charge in [-0.1, -0.05) is 119 Å². The molecule has 478 valence electrons. The molecule has 2 saturated carbocycles. The van der Waals surface area contributed by atoms with Crippen LogP contribution in [0.25, 0.3) is 0 Å². The molecule has 0 atom stereocenters. The van der Waals surface area contributed by atoms with E-state index in [0.29, 0.717) is 56.9 Å². The molecule has 84 heavy (non-hydrogen) atoms. The van der Waals surface area contributed by atoms with E-state index in [0.717, 1.165) is 50.7 Å². The fourth-order valence-electron chi connectivity index (χ4n) is 7.18. The second kappa shape index (κ2) is 37.7. The molecule has 0 aromatic heterocycles. The van der Waals surface area contributed by atoms with Gasteiger partial charge in [0.25, 0.3) is 0 Å². The molecule has 0 amide bonds.